The van der Waals surface area contributed by atoms with Crippen molar-refractivity contribution in [3.05, 3.63) is 88.4 Å². The van der Waals surface area contributed by atoms with Gasteiger partial charge in [-0.05, 0) is 64.5 Å². The van der Waals surface area contributed by atoms with Gasteiger partial charge in [-0.15, -0.1) is 0 Å². The van der Waals surface area contributed by atoms with E-state index in [0.717, 1.165) is 0 Å². The molecule has 0 saturated carbocycles. The summed E-state index contributed by atoms with van der Waals surface area (Å²) in [6.07, 6.45) is 0. The molecule has 8 heteroatoms. The molecule has 3 aromatic carbocycles. The lowest BCUT2D eigenvalue weighted by molar-refractivity contribution is -0.118. The molecule has 0 radical (unpaired) electrons. The van der Waals surface area contributed by atoms with Crippen LogP contribution in [0.1, 0.15) is 20.7 Å². The average Bonchev–Trinajstić information content (AvgIpc) is 2.78. The summed E-state index contributed by atoms with van der Waals surface area (Å²) in [6.45, 7) is -0.252. The molecule has 0 fully saturated rings. The minimum atomic E-state index is -0.544. The van der Waals surface area contributed by atoms with Crippen LogP contribution in [0.4, 0.5) is 11.4 Å². The highest BCUT2D eigenvalue weighted by molar-refractivity contribution is 9.10. The molecule has 2 amide bonds. The number of hydrogen-bond acceptors (Lipinski definition) is 5. The maximum absolute atomic E-state index is 12.3. The van der Waals surface area contributed by atoms with Gasteiger partial charge < -0.3 is 20.1 Å². The number of methoxy groups -OCH3 is 1. The average molecular weight is 483 g/mol. The molecule has 3 aromatic rings. The van der Waals surface area contributed by atoms with Crippen LogP contribution < -0.4 is 15.4 Å². The largest absolute Gasteiger partial charge is 0.484 e. The number of carbonyl (C=O) groups excluding carboxylic acids is 3. The molecule has 3 rings (SSSR count). The van der Waals surface area contributed by atoms with Gasteiger partial charge in [0.25, 0.3) is 11.8 Å². The number of carbonyl (C=O) groups is 3. The Balaban J connectivity index is 1.55. The molecule has 158 valence electrons. The lowest BCUT2D eigenvalue weighted by Crippen LogP contribution is -2.21. The third-order valence-corrected chi connectivity index (χ3v) is 4.90. The topological polar surface area (TPSA) is 93.7 Å². The zero-order valence-corrected chi connectivity index (χ0v) is 18.1. The van der Waals surface area contributed by atoms with Gasteiger partial charge in [0.1, 0.15) is 5.75 Å². The van der Waals surface area contributed by atoms with Crippen molar-refractivity contribution in [3.8, 4) is 5.75 Å². The molecule has 0 aliphatic rings. The first kappa shape index (κ1) is 22.0. The zero-order valence-electron chi connectivity index (χ0n) is 16.6. The van der Waals surface area contributed by atoms with Crippen LogP contribution in [0, 0.1) is 0 Å². The van der Waals surface area contributed by atoms with Crippen molar-refractivity contribution in [1.82, 2.24) is 0 Å². The Kier molecular flexibility index (Phi) is 7.40. The van der Waals surface area contributed by atoms with Gasteiger partial charge in [0.05, 0.1) is 23.9 Å². The highest BCUT2D eigenvalue weighted by atomic mass is 79.9. The summed E-state index contributed by atoms with van der Waals surface area (Å²) in [5.74, 6) is -0.764. The van der Waals surface area contributed by atoms with Crippen LogP contribution in [-0.2, 0) is 9.53 Å². The fourth-order valence-electron chi connectivity index (χ4n) is 2.69. The van der Waals surface area contributed by atoms with Crippen LogP contribution >= 0.6 is 15.9 Å². The molecule has 0 spiro atoms. The third kappa shape index (κ3) is 5.93. The fourth-order valence-corrected chi connectivity index (χ4v) is 3.16. The summed E-state index contributed by atoms with van der Waals surface area (Å²) in [5, 5.41) is 5.43. The Morgan fingerprint density at radius 1 is 0.839 bits per heavy atom. The van der Waals surface area contributed by atoms with E-state index < -0.39 is 11.9 Å². The number of nitrogens with one attached hydrogen (secondary N) is 2. The Hall–Kier alpha value is -3.65. The molecule has 0 heterocycles. The number of anilines is 2. The summed E-state index contributed by atoms with van der Waals surface area (Å²) in [5.41, 5.74) is 1.70. The van der Waals surface area contributed by atoms with Crippen molar-refractivity contribution in [2.45, 2.75) is 0 Å². The number of amides is 2. The third-order valence-electron chi connectivity index (χ3n) is 4.21. The summed E-state index contributed by atoms with van der Waals surface area (Å²) < 4.78 is 10.9. The van der Waals surface area contributed by atoms with E-state index in [4.69, 9.17) is 9.47 Å². The molecule has 7 nitrogen and oxygen atoms in total. The van der Waals surface area contributed by atoms with E-state index in [2.05, 4.69) is 26.6 Å². The minimum Gasteiger partial charge on any atom is -0.484 e. The number of ether oxygens (including phenoxy) is 2. The Labute approximate surface area is 187 Å². The summed E-state index contributed by atoms with van der Waals surface area (Å²) in [7, 11) is 1.27. The first-order valence-electron chi connectivity index (χ1n) is 9.24. The van der Waals surface area contributed by atoms with Gasteiger partial charge >= 0.3 is 5.97 Å². The standard InChI is InChI=1S/C23H19BrN2O5/c1-30-23(29)18-7-3-5-9-20(18)26-21(27)14-31-16-12-10-15(11-13-16)25-22(28)17-6-2-4-8-19(17)24/h2-13H,14H2,1H3,(H,25,28)(H,26,27). The number of benzene rings is 3. The van der Waals surface area contributed by atoms with Crippen LogP contribution in [-0.4, -0.2) is 31.5 Å². The monoisotopic (exact) mass is 482 g/mol. The van der Waals surface area contributed by atoms with Crippen LogP contribution in [0.3, 0.4) is 0 Å². The predicted octanol–water partition coefficient (Wildman–Crippen LogP) is 4.51. The maximum Gasteiger partial charge on any atom is 0.339 e. The van der Waals surface area contributed by atoms with Gasteiger partial charge in [-0.2, -0.15) is 0 Å². The van der Waals surface area contributed by atoms with Crippen molar-refractivity contribution >= 4 is 45.1 Å². The first-order valence-corrected chi connectivity index (χ1v) is 10.0. The molecule has 0 atom stereocenters. The lowest BCUT2D eigenvalue weighted by atomic mass is 10.2. The van der Waals surface area contributed by atoms with Gasteiger partial charge in [0.2, 0.25) is 0 Å². The van der Waals surface area contributed by atoms with E-state index in [1.807, 2.05) is 6.07 Å². The molecular weight excluding hydrogens is 464 g/mol. The molecule has 0 aliphatic carbocycles. The number of para-hydroxylation sites is 1. The second-order valence-corrected chi connectivity index (χ2v) is 7.19. The maximum atomic E-state index is 12.3. The molecule has 0 saturated heterocycles. The Morgan fingerprint density at radius 3 is 2.16 bits per heavy atom. The molecule has 0 aliphatic heterocycles. The van der Waals surface area contributed by atoms with E-state index in [9.17, 15) is 14.4 Å². The van der Waals surface area contributed by atoms with Crippen LogP contribution in [0.5, 0.6) is 5.75 Å². The summed E-state index contributed by atoms with van der Waals surface area (Å²) in [4.78, 5) is 36.3. The lowest BCUT2D eigenvalue weighted by Gasteiger charge is -2.11. The molecule has 31 heavy (non-hydrogen) atoms. The SMILES string of the molecule is COC(=O)c1ccccc1NC(=O)COc1ccc(NC(=O)c2ccccc2Br)cc1. The quantitative estimate of drug-likeness (QED) is 0.483. The number of rotatable bonds is 7. The molecule has 2 N–H and O–H groups in total. The minimum absolute atomic E-state index is 0.246. The van der Waals surface area contributed by atoms with Gasteiger partial charge in [-0.1, -0.05) is 24.3 Å². The molecule has 0 unspecified atom stereocenters. The number of halogens is 1. The smallest absolute Gasteiger partial charge is 0.339 e. The first-order chi connectivity index (χ1) is 15.0. The Morgan fingerprint density at radius 2 is 1.48 bits per heavy atom. The van der Waals surface area contributed by atoms with Crippen LogP contribution in [0.15, 0.2) is 77.3 Å². The van der Waals surface area contributed by atoms with Gasteiger partial charge in [0, 0.05) is 10.2 Å². The van der Waals surface area contributed by atoms with E-state index in [1.165, 1.54) is 7.11 Å². The molecule has 0 aromatic heterocycles. The van der Waals surface area contributed by atoms with E-state index in [1.54, 1.807) is 66.7 Å². The summed E-state index contributed by atoms with van der Waals surface area (Å²) in [6, 6.07) is 20.3. The van der Waals surface area contributed by atoms with Crippen LogP contribution in [0.2, 0.25) is 0 Å². The van der Waals surface area contributed by atoms with Gasteiger partial charge in [0.15, 0.2) is 6.61 Å². The highest BCUT2D eigenvalue weighted by Gasteiger charge is 2.14. The molecular formula is C23H19BrN2O5. The molecule has 0 bridgehead atoms. The van der Waals surface area contributed by atoms with Gasteiger partial charge in [-0.25, -0.2) is 4.79 Å². The van der Waals surface area contributed by atoms with E-state index in [-0.39, 0.29) is 18.1 Å². The normalized spacial score (nSPS) is 10.1. The fraction of sp³-hybridized carbons (Fsp3) is 0.0870. The van der Waals surface area contributed by atoms with Gasteiger partial charge in [-0.3, -0.25) is 9.59 Å². The van der Waals surface area contributed by atoms with Crippen molar-refractivity contribution in [3.63, 3.8) is 0 Å². The predicted molar refractivity (Wildman–Crippen MR) is 120 cm³/mol. The Bertz CT molecular complexity index is 1100. The number of esters is 1. The van der Waals surface area contributed by atoms with E-state index >= 15 is 0 Å². The van der Waals surface area contributed by atoms with Crippen molar-refractivity contribution in [2.24, 2.45) is 0 Å². The second-order valence-electron chi connectivity index (χ2n) is 6.33. The summed E-state index contributed by atoms with van der Waals surface area (Å²) >= 11 is 3.35. The van der Waals surface area contributed by atoms with Crippen molar-refractivity contribution < 1.29 is 23.9 Å². The highest BCUT2D eigenvalue weighted by Crippen LogP contribution is 2.20. The zero-order chi connectivity index (χ0) is 22.2. The second kappa shape index (κ2) is 10.4. The van der Waals surface area contributed by atoms with Crippen molar-refractivity contribution in [1.29, 1.82) is 0 Å². The van der Waals surface area contributed by atoms with E-state index in [0.29, 0.717) is 27.2 Å². The number of hydrogen-bond donors (Lipinski definition) is 2. The van der Waals surface area contributed by atoms with Crippen LogP contribution in [0.25, 0.3) is 0 Å². The van der Waals surface area contributed by atoms with Crippen molar-refractivity contribution in [2.75, 3.05) is 24.4 Å².